The highest BCUT2D eigenvalue weighted by Gasteiger charge is 2.26. The summed E-state index contributed by atoms with van der Waals surface area (Å²) in [5.41, 5.74) is 1.50. The van der Waals surface area contributed by atoms with Gasteiger partial charge in [0.05, 0.1) is 28.7 Å². The Balaban J connectivity index is 2.67. The minimum absolute atomic E-state index is 0.129. The van der Waals surface area contributed by atoms with Gasteiger partial charge in [0.1, 0.15) is 5.69 Å². The quantitative estimate of drug-likeness (QED) is 0.354. The molecule has 0 N–H and O–H groups in total. The molecule has 2 aromatic rings. The van der Waals surface area contributed by atoms with Gasteiger partial charge in [0.2, 0.25) is 0 Å². The van der Waals surface area contributed by atoms with Crippen molar-refractivity contribution >= 4 is 29.0 Å². The third kappa shape index (κ3) is 3.00. The maximum Gasteiger partial charge on any atom is 0.341 e. The molecular formula is C16H16N2O3S. The van der Waals surface area contributed by atoms with Gasteiger partial charge in [0, 0.05) is 25.3 Å². The average molecular weight is 316 g/mol. The van der Waals surface area contributed by atoms with Gasteiger partial charge in [-0.3, -0.25) is 4.79 Å². The highest BCUT2D eigenvalue weighted by Crippen LogP contribution is 2.34. The van der Waals surface area contributed by atoms with Crippen molar-refractivity contribution in [2.24, 2.45) is 0 Å². The predicted molar refractivity (Wildman–Crippen MR) is 84.3 cm³/mol. The van der Waals surface area contributed by atoms with E-state index in [0.717, 1.165) is 0 Å². The second kappa shape index (κ2) is 7.14. The number of nitriles is 1. The molecule has 5 nitrogen and oxygen atoms in total. The number of ketones is 1. The van der Waals surface area contributed by atoms with E-state index in [2.05, 4.69) is 6.07 Å². The Morgan fingerprint density at radius 3 is 2.82 bits per heavy atom. The molecule has 0 atom stereocenters. The molecule has 2 aromatic heterocycles. The summed E-state index contributed by atoms with van der Waals surface area (Å²) in [7, 11) is 0. The van der Waals surface area contributed by atoms with E-state index in [1.807, 2.05) is 6.07 Å². The van der Waals surface area contributed by atoms with Crippen molar-refractivity contribution in [2.75, 3.05) is 12.4 Å². The van der Waals surface area contributed by atoms with E-state index in [1.54, 1.807) is 29.7 Å². The number of rotatable bonds is 6. The van der Waals surface area contributed by atoms with Crippen LogP contribution < -0.4 is 0 Å². The summed E-state index contributed by atoms with van der Waals surface area (Å²) in [6.07, 6.45) is 2.10. The fourth-order valence-corrected chi connectivity index (χ4v) is 3.36. The normalized spacial score (nSPS) is 10.4. The molecule has 6 heteroatoms. The number of pyridine rings is 1. The van der Waals surface area contributed by atoms with Crippen molar-refractivity contribution in [1.82, 2.24) is 4.40 Å². The van der Waals surface area contributed by atoms with Crippen LogP contribution in [0.3, 0.4) is 0 Å². The molecule has 0 radical (unpaired) electrons. The van der Waals surface area contributed by atoms with Crippen molar-refractivity contribution in [3.05, 3.63) is 35.7 Å². The number of fused-ring (bicyclic) bond motifs is 1. The second-order valence-electron chi connectivity index (χ2n) is 4.54. The van der Waals surface area contributed by atoms with Crippen LogP contribution in [0, 0.1) is 11.3 Å². The Kier molecular flexibility index (Phi) is 5.23. The van der Waals surface area contributed by atoms with Crippen LogP contribution in [0.5, 0.6) is 0 Å². The number of Topliss-reactive ketones (excluding diaryl/α,β-unsaturated/α-hetero) is 1. The third-order valence-corrected chi connectivity index (χ3v) is 4.17. The SMILES string of the molecule is CCOC(=O)c1c(SCCC#N)c(C(C)=O)n2ccccc12. The van der Waals surface area contributed by atoms with E-state index in [1.165, 1.54) is 18.7 Å². The fraction of sp³-hybridized carbons (Fsp3) is 0.312. The van der Waals surface area contributed by atoms with E-state index in [9.17, 15) is 9.59 Å². The summed E-state index contributed by atoms with van der Waals surface area (Å²) < 4.78 is 6.85. The summed E-state index contributed by atoms with van der Waals surface area (Å²) in [5.74, 6) is -0.0607. The number of nitrogens with zero attached hydrogens (tertiary/aromatic N) is 2. The van der Waals surface area contributed by atoms with Crippen LogP contribution in [-0.4, -0.2) is 28.5 Å². The molecular weight excluding hydrogens is 300 g/mol. The third-order valence-electron chi connectivity index (χ3n) is 3.07. The number of esters is 1. The molecule has 0 aliphatic heterocycles. The van der Waals surface area contributed by atoms with Gasteiger partial charge in [-0.1, -0.05) is 6.07 Å². The number of carbonyl (C=O) groups is 2. The zero-order valence-corrected chi connectivity index (χ0v) is 13.3. The number of thioether (sulfide) groups is 1. The maximum absolute atomic E-state index is 12.3. The van der Waals surface area contributed by atoms with Crippen LogP contribution in [0.15, 0.2) is 29.3 Å². The molecule has 0 aliphatic carbocycles. The van der Waals surface area contributed by atoms with E-state index in [4.69, 9.17) is 10.00 Å². The van der Waals surface area contributed by atoms with Crippen LogP contribution in [0.1, 0.15) is 41.1 Å². The van der Waals surface area contributed by atoms with Crippen molar-refractivity contribution in [3.63, 3.8) is 0 Å². The topological polar surface area (TPSA) is 71.6 Å². The van der Waals surface area contributed by atoms with Crippen LogP contribution in [-0.2, 0) is 4.74 Å². The van der Waals surface area contributed by atoms with E-state index in [0.29, 0.717) is 33.8 Å². The minimum atomic E-state index is -0.446. The molecule has 114 valence electrons. The first-order valence-electron chi connectivity index (χ1n) is 6.92. The molecule has 0 aliphatic rings. The summed E-state index contributed by atoms with van der Waals surface area (Å²) in [4.78, 5) is 25.0. The lowest BCUT2D eigenvalue weighted by Gasteiger charge is -2.04. The number of aromatic nitrogens is 1. The largest absolute Gasteiger partial charge is 0.462 e. The van der Waals surface area contributed by atoms with Gasteiger partial charge < -0.3 is 9.14 Å². The van der Waals surface area contributed by atoms with Gasteiger partial charge in [-0.15, -0.1) is 11.8 Å². The van der Waals surface area contributed by atoms with E-state index < -0.39 is 5.97 Å². The minimum Gasteiger partial charge on any atom is -0.462 e. The van der Waals surface area contributed by atoms with Gasteiger partial charge in [0.25, 0.3) is 0 Å². The molecule has 0 saturated heterocycles. The molecule has 0 unspecified atom stereocenters. The highest BCUT2D eigenvalue weighted by atomic mass is 32.2. The van der Waals surface area contributed by atoms with Gasteiger partial charge >= 0.3 is 5.97 Å². The summed E-state index contributed by atoms with van der Waals surface area (Å²) in [6, 6.07) is 7.47. The Hall–Kier alpha value is -2.26. The lowest BCUT2D eigenvalue weighted by molar-refractivity contribution is 0.0525. The summed E-state index contributed by atoms with van der Waals surface area (Å²) >= 11 is 1.34. The molecule has 0 amide bonds. The Labute approximate surface area is 132 Å². The molecule has 2 heterocycles. The van der Waals surface area contributed by atoms with Crippen molar-refractivity contribution in [2.45, 2.75) is 25.2 Å². The predicted octanol–water partition coefficient (Wildman–Crippen LogP) is 3.32. The summed E-state index contributed by atoms with van der Waals surface area (Å²) in [6.45, 7) is 3.48. The Morgan fingerprint density at radius 1 is 1.41 bits per heavy atom. The first kappa shape index (κ1) is 16.1. The first-order valence-corrected chi connectivity index (χ1v) is 7.91. The zero-order valence-electron chi connectivity index (χ0n) is 12.5. The van der Waals surface area contributed by atoms with Crippen LogP contribution in [0.25, 0.3) is 5.52 Å². The molecule has 0 saturated carbocycles. The van der Waals surface area contributed by atoms with Gasteiger partial charge in [-0.2, -0.15) is 5.26 Å². The van der Waals surface area contributed by atoms with E-state index >= 15 is 0 Å². The van der Waals surface area contributed by atoms with Gasteiger partial charge in [-0.25, -0.2) is 4.79 Å². The molecule has 22 heavy (non-hydrogen) atoms. The second-order valence-corrected chi connectivity index (χ2v) is 5.65. The van der Waals surface area contributed by atoms with E-state index in [-0.39, 0.29) is 12.4 Å². The summed E-state index contributed by atoms with van der Waals surface area (Å²) in [5, 5.41) is 8.70. The number of carbonyl (C=O) groups excluding carboxylic acids is 2. The number of hydrogen-bond acceptors (Lipinski definition) is 5. The fourth-order valence-electron chi connectivity index (χ4n) is 2.26. The first-order chi connectivity index (χ1) is 10.6. The van der Waals surface area contributed by atoms with Crippen LogP contribution in [0.4, 0.5) is 0 Å². The van der Waals surface area contributed by atoms with Crippen LogP contribution >= 0.6 is 11.8 Å². The number of hydrogen-bond donors (Lipinski definition) is 0. The lowest BCUT2D eigenvalue weighted by Crippen LogP contribution is -2.06. The average Bonchev–Trinajstić information content (AvgIpc) is 2.82. The standard InChI is InChI=1S/C16H16N2O3S/c1-3-21-16(20)13-12-7-4-5-9-18(12)14(11(2)19)15(13)22-10-6-8-17/h4-5,7,9H,3,6,10H2,1-2H3. The molecule has 0 spiro atoms. The van der Waals surface area contributed by atoms with Crippen molar-refractivity contribution in [3.8, 4) is 6.07 Å². The number of ether oxygens (including phenoxy) is 1. The molecule has 0 bridgehead atoms. The molecule has 0 fully saturated rings. The highest BCUT2D eigenvalue weighted by molar-refractivity contribution is 7.99. The van der Waals surface area contributed by atoms with Crippen molar-refractivity contribution < 1.29 is 14.3 Å². The van der Waals surface area contributed by atoms with Crippen LogP contribution in [0.2, 0.25) is 0 Å². The van der Waals surface area contributed by atoms with Gasteiger partial charge in [0.15, 0.2) is 5.78 Å². The Bertz CT molecular complexity index is 759. The Morgan fingerprint density at radius 2 is 2.18 bits per heavy atom. The zero-order chi connectivity index (χ0) is 16.1. The maximum atomic E-state index is 12.3. The monoisotopic (exact) mass is 316 g/mol. The lowest BCUT2D eigenvalue weighted by atomic mass is 10.2. The molecule has 2 rings (SSSR count). The van der Waals surface area contributed by atoms with Crippen molar-refractivity contribution in [1.29, 1.82) is 5.26 Å². The molecule has 0 aromatic carbocycles. The smallest absolute Gasteiger partial charge is 0.341 e. The van der Waals surface area contributed by atoms with Gasteiger partial charge in [-0.05, 0) is 19.1 Å².